The maximum absolute atomic E-state index is 12.3. The van der Waals surface area contributed by atoms with E-state index < -0.39 is 0 Å². The molecule has 3 rings (SSSR count). The number of ether oxygens (including phenoxy) is 2. The van der Waals surface area contributed by atoms with Crippen molar-refractivity contribution in [1.29, 1.82) is 0 Å². The molecule has 1 aliphatic rings. The molecule has 0 N–H and O–H groups in total. The van der Waals surface area contributed by atoms with Gasteiger partial charge in [0.15, 0.2) is 0 Å². The van der Waals surface area contributed by atoms with Crippen LogP contribution in [0.1, 0.15) is 30.7 Å². The zero-order valence-corrected chi connectivity index (χ0v) is 15.9. The monoisotopic (exact) mass is 402 g/mol. The van der Waals surface area contributed by atoms with Gasteiger partial charge in [0, 0.05) is 11.4 Å². The van der Waals surface area contributed by atoms with Gasteiger partial charge in [-0.25, -0.2) is 0 Å². The molecule has 4 heteroatoms. The molecule has 0 bridgehead atoms. The molecule has 1 aliphatic heterocycles. The molecular weight excluding hydrogens is 380 g/mol. The predicted octanol–water partition coefficient (Wildman–Crippen LogP) is 4.94. The summed E-state index contributed by atoms with van der Waals surface area (Å²) in [6.45, 7) is 0.738. The van der Waals surface area contributed by atoms with E-state index in [0.717, 1.165) is 30.6 Å². The smallest absolute Gasteiger partial charge is 0.313 e. The highest BCUT2D eigenvalue weighted by Gasteiger charge is 2.29. The van der Waals surface area contributed by atoms with Crippen LogP contribution in [0.25, 0.3) is 11.1 Å². The fourth-order valence-electron chi connectivity index (χ4n) is 3.31. The number of hydrogen-bond acceptors (Lipinski definition) is 3. The number of carbonyl (C=O) groups excluding carboxylic acids is 1. The van der Waals surface area contributed by atoms with Crippen molar-refractivity contribution in [2.24, 2.45) is 0 Å². The van der Waals surface area contributed by atoms with Crippen molar-refractivity contribution in [3.05, 3.63) is 60.2 Å². The Kier molecular flexibility index (Phi) is 6.27. The number of benzene rings is 2. The largest absolute Gasteiger partial charge is 0.469 e. The summed E-state index contributed by atoms with van der Waals surface area (Å²) < 4.78 is 10.9. The van der Waals surface area contributed by atoms with Crippen LogP contribution < -0.4 is 0 Å². The van der Waals surface area contributed by atoms with Crippen LogP contribution in [0.5, 0.6) is 0 Å². The van der Waals surface area contributed by atoms with Crippen LogP contribution in [-0.2, 0) is 14.3 Å². The van der Waals surface area contributed by atoms with E-state index in [9.17, 15) is 4.79 Å². The molecule has 1 heterocycles. The lowest BCUT2D eigenvalue weighted by molar-refractivity contribution is -0.143. The molecule has 0 saturated carbocycles. The highest BCUT2D eigenvalue weighted by atomic mass is 79.9. The van der Waals surface area contributed by atoms with Gasteiger partial charge in [-0.1, -0.05) is 70.5 Å². The highest BCUT2D eigenvalue weighted by Crippen LogP contribution is 2.31. The Morgan fingerprint density at radius 3 is 2.48 bits per heavy atom. The Balaban J connectivity index is 1.78. The third-order valence-electron chi connectivity index (χ3n) is 4.71. The summed E-state index contributed by atoms with van der Waals surface area (Å²) in [4.78, 5) is 12.8. The van der Waals surface area contributed by atoms with Crippen molar-refractivity contribution in [3.63, 3.8) is 0 Å². The van der Waals surface area contributed by atoms with E-state index in [0.29, 0.717) is 11.2 Å². The number of carbonyl (C=O) groups is 1. The molecule has 2 aromatic carbocycles. The average molecular weight is 403 g/mol. The van der Waals surface area contributed by atoms with Crippen LogP contribution >= 0.6 is 15.9 Å². The fourth-order valence-corrected chi connectivity index (χ4v) is 3.91. The van der Waals surface area contributed by atoms with E-state index in [1.54, 1.807) is 0 Å². The average Bonchev–Trinajstić information content (AvgIpc) is 2.66. The number of methoxy groups -OCH3 is 1. The van der Waals surface area contributed by atoms with Gasteiger partial charge in [0.2, 0.25) is 0 Å². The molecule has 0 radical (unpaired) electrons. The molecule has 1 saturated heterocycles. The van der Waals surface area contributed by atoms with Gasteiger partial charge >= 0.3 is 5.97 Å². The molecule has 132 valence electrons. The van der Waals surface area contributed by atoms with E-state index in [-0.39, 0.29) is 18.0 Å². The van der Waals surface area contributed by atoms with Gasteiger partial charge in [0.05, 0.1) is 19.1 Å². The Bertz CT molecular complexity index is 684. The van der Waals surface area contributed by atoms with E-state index in [1.165, 1.54) is 12.7 Å². The first-order valence-corrected chi connectivity index (χ1v) is 9.58. The minimum absolute atomic E-state index is 0.0797. The molecule has 0 amide bonds. The SMILES string of the molecule is COC(=O)C(CC1C[C@@H](Br)CCO1)c1ccc(-c2ccccc2)cc1. The minimum atomic E-state index is -0.294. The van der Waals surface area contributed by atoms with E-state index in [2.05, 4.69) is 40.2 Å². The van der Waals surface area contributed by atoms with Crippen LogP contribution in [0.15, 0.2) is 54.6 Å². The standard InChI is InChI=1S/C21H23BrO3/c1-24-21(23)20(14-19-13-18(22)11-12-25-19)17-9-7-16(8-10-17)15-5-3-2-4-6-15/h2-10,18-20H,11-14H2,1H3/t18-,19?,20?/m0/s1. The minimum Gasteiger partial charge on any atom is -0.469 e. The van der Waals surface area contributed by atoms with Gasteiger partial charge in [0.25, 0.3) is 0 Å². The summed E-state index contributed by atoms with van der Waals surface area (Å²) in [6, 6.07) is 18.4. The summed E-state index contributed by atoms with van der Waals surface area (Å²) in [7, 11) is 1.45. The molecule has 2 unspecified atom stereocenters. The van der Waals surface area contributed by atoms with Gasteiger partial charge in [-0.2, -0.15) is 0 Å². The molecule has 0 aromatic heterocycles. The van der Waals surface area contributed by atoms with Gasteiger partial charge in [-0.05, 0) is 36.0 Å². The normalized spacial score (nSPS) is 21.5. The zero-order chi connectivity index (χ0) is 17.6. The summed E-state index contributed by atoms with van der Waals surface area (Å²) in [6.07, 6.45) is 2.68. The highest BCUT2D eigenvalue weighted by molar-refractivity contribution is 9.09. The third kappa shape index (κ3) is 4.71. The fraction of sp³-hybridized carbons (Fsp3) is 0.381. The lowest BCUT2D eigenvalue weighted by Crippen LogP contribution is -2.29. The Morgan fingerprint density at radius 1 is 1.16 bits per heavy atom. The number of hydrogen-bond donors (Lipinski definition) is 0. The lowest BCUT2D eigenvalue weighted by Gasteiger charge is -2.29. The Morgan fingerprint density at radius 2 is 1.84 bits per heavy atom. The molecule has 0 aliphatic carbocycles. The van der Waals surface area contributed by atoms with Crippen LogP contribution in [0.2, 0.25) is 0 Å². The van der Waals surface area contributed by atoms with Crippen molar-refractivity contribution in [2.45, 2.75) is 36.1 Å². The molecule has 2 aromatic rings. The summed E-state index contributed by atoms with van der Waals surface area (Å²) in [5, 5.41) is 0. The predicted molar refractivity (Wildman–Crippen MR) is 103 cm³/mol. The maximum Gasteiger partial charge on any atom is 0.313 e. The van der Waals surface area contributed by atoms with E-state index in [4.69, 9.17) is 9.47 Å². The second kappa shape index (κ2) is 8.63. The second-order valence-electron chi connectivity index (χ2n) is 6.41. The van der Waals surface area contributed by atoms with Gasteiger partial charge in [0.1, 0.15) is 0 Å². The molecule has 1 fully saturated rings. The molecular formula is C21H23BrO3. The maximum atomic E-state index is 12.3. The second-order valence-corrected chi connectivity index (χ2v) is 7.71. The van der Waals surface area contributed by atoms with E-state index >= 15 is 0 Å². The topological polar surface area (TPSA) is 35.5 Å². The number of esters is 1. The molecule has 25 heavy (non-hydrogen) atoms. The van der Waals surface area contributed by atoms with Gasteiger partial charge in [-0.15, -0.1) is 0 Å². The van der Waals surface area contributed by atoms with Crippen molar-refractivity contribution in [3.8, 4) is 11.1 Å². The molecule has 3 nitrogen and oxygen atoms in total. The van der Waals surface area contributed by atoms with Gasteiger partial charge < -0.3 is 9.47 Å². The quantitative estimate of drug-likeness (QED) is 0.524. The van der Waals surface area contributed by atoms with Gasteiger partial charge in [-0.3, -0.25) is 4.79 Å². The van der Waals surface area contributed by atoms with Crippen molar-refractivity contribution in [2.75, 3.05) is 13.7 Å². The summed E-state index contributed by atoms with van der Waals surface area (Å²) in [5.74, 6) is -0.495. The molecule has 3 atom stereocenters. The number of alkyl halides is 1. The van der Waals surface area contributed by atoms with Crippen LogP contribution in [0.4, 0.5) is 0 Å². The van der Waals surface area contributed by atoms with E-state index in [1.807, 2.05) is 30.3 Å². The van der Waals surface area contributed by atoms with Crippen LogP contribution in [0, 0.1) is 0 Å². The first-order chi connectivity index (χ1) is 12.2. The number of halogens is 1. The van der Waals surface area contributed by atoms with Crippen molar-refractivity contribution < 1.29 is 14.3 Å². The summed E-state index contributed by atoms with van der Waals surface area (Å²) in [5.41, 5.74) is 3.29. The molecule has 0 spiro atoms. The number of rotatable bonds is 5. The Hall–Kier alpha value is -1.65. The first kappa shape index (κ1) is 18.2. The third-order valence-corrected chi connectivity index (χ3v) is 5.54. The van der Waals surface area contributed by atoms with Crippen molar-refractivity contribution in [1.82, 2.24) is 0 Å². The van der Waals surface area contributed by atoms with Crippen LogP contribution in [0.3, 0.4) is 0 Å². The first-order valence-electron chi connectivity index (χ1n) is 8.66. The van der Waals surface area contributed by atoms with Crippen LogP contribution in [-0.4, -0.2) is 30.6 Å². The van der Waals surface area contributed by atoms with Crippen molar-refractivity contribution >= 4 is 21.9 Å². The summed E-state index contributed by atoms with van der Waals surface area (Å²) >= 11 is 3.67. The lowest BCUT2D eigenvalue weighted by atomic mass is 9.89. The Labute approximate surface area is 157 Å². The zero-order valence-electron chi connectivity index (χ0n) is 14.4.